The van der Waals surface area contributed by atoms with E-state index in [0.29, 0.717) is 22.3 Å². The molecule has 0 unspecified atom stereocenters. The highest BCUT2D eigenvalue weighted by molar-refractivity contribution is 6.26. The standard InChI is InChI=1S/C48H30/c1-2-13-32-28-36(25-24-31(32)12-1)48-44-22-9-7-20-42(44)47(43-21-8-10-23-45(43)48)35-15-11-14-33(29-35)34-26-27-41-39-18-4-3-16-37(39)38-17-5-6-19-40(38)46(41)30-34/h1-30H/i7D,8D,9D,10D,20D,21D,22D,23D. The molecule has 0 aromatic heterocycles. The van der Waals surface area contributed by atoms with Gasteiger partial charge in [-0.2, -0.15) is 0 Å². The molecule has 0 nitrogen and oxygen atoms in total. The molecule has 0 aliphatic carbocycles. The van der Waals surface area contributed by atoms with E-state index in [-0.39, 0.29) is 45.7 Å². The number of benzene rings is 10. The lowest BCUT2D eigenvalue weighted by molar-refractivity contribution is 1.63. The lowest BCUT2D eigenvalue weighted by Crippen LogP contribution is -1.91. The van der Waals surface area contributed by atoms with E-state index in [1.54, 1.807) is 0 Å². The summed E-state index contributed by atoms with van der Waals surface area (Å²) in [5.41, 5.74) is 3.62. The van der Waals surface area contributed by atoms with Crippen LogP contribution in [-0.4, -0.2) is 0 Å². The van der Waals surface area contributed by atoms with Crippen LogP contribution in [0, 0.1) is 0 Å². The van der Waals surface area contributed by atoms with Gasteiger partial charge in [0, 0.05) is 0 Å². The van der Waals surface area contributed by atoms with Crippen molar-refractivity contribution >= 4 is 64.6 Å². The van der Waals surface area contributed by atoms with Gasteiger partial charge in [0.05, 0.1) is 11.0 Å². The molecule has 0 atom stereocenters. The molecule has 0 aliphatic heterocycles. The van der Waals surface area contributed by atoms with Crippen LogP contribution in [0.15, 0.2) is 182 Å². The highest BCUT2D eigenvalue weighted by Gasteiger charge is 2.17. The summed E-state index contributed by atoms with van der Waals surface area (Å²) < 4.78 is 72.6. The van der Waals surface area contributed by atoms with Gasteiger partial charge in [0.25, 0.3) is 0 Å². The van der Waals surface area contributed by atoms with Crippen LogP contribution < -0.4 is 0 Å². The Bertz CT molecular complexity index is 3230. The van der Waals surface area contributed by atoms with E-state index in [1.165, 1.54) is 5.39 Å². The van der Waals surface area contributed by atoms with Crippen molar-refractivity contribution in [3.63, 3.8) is 0 Å². The first-order valence-electron chi connectivity index (χ1n) is 20.0. The topological polar surface area (TPSA) is 0 Å². The van der Waals surface area contributed by atoms with Crippen LogP contribution in [0.4, 0.5) is 0 Å². The molecule has 0 N–H and O–H groups in total. The molecule has 0 heterocycles. The molecule has 48 heavy (non-hydrogen) atoms. The van der Waals surface area contributed by atoms with Gasteiger partial charge in [0.2, 0.25) is 0 Å². The zero-order valence-corrected chi connectivity index (χ0v) is 25.7. The Morgan fingerprint density at radius 2 is 0.708 bits per heavy atom. The van der Waals surface area contributed by atoms with Gasteiger partial charge in [0.1, 0.15) is 0 Å². The lowest BCUT2D eigenvalue weighted by atomic mass is 9.85. The molecular weight excluding hydrogens is 577 g/mol. The fraction of sp³-hybridized carbons (Fsp3) is 0. The first-order chi connectivity index (χ1) is 27.1. The minimum absolute atomic E-state index is 0.199. The van der Waals surface area contributed by atoms with Crippen molar-refractivity contribution in [2.24, 2.45) is 0 Å². The van der Waals surface area contributed by atoms with Crippen LogP contribution in [0.2, 0.25) is 0 Å². The zero-order valence-electron chi connectivity index (χ0n) is 33.7. The molecule has 10 aromatic carbocycles. The number of hydrogen-bond acceptors (Lipinski definition) is 0. The van der Waals surface area contributed by atoms with E-state index in [2.05, 4.69) is 60.7 Å². The molecule has 0 aliphatic rings. The second-order valence-electron chi connectivity index (χ2n) is 12.2. The molecule has 0 bridgehead atoms. The van der Waals surface area contributed by atoms with Gasteiger partial charge in [-0.25, -0.2) is 0 Å². The maximum atomic E-state index is 9.37. The van der Waals surface area contributed by atoms with Crippen molar-refractivity contribution in [2.45, 2.75) is 0 Å². The predicted molar refractivity (Wildman–Crippen MR) is 208 cm³/mol. The summed E-state index contributed by atoms with van der Waals surface area (Å²) in [4.78, 5) is 0. The first kappa shape index (κ1) is 20.1. The van der Waals surface area contributed by atoms with Crippen LogP contribution in [-0.2, 0) is 0 Å². The third kappa shape index (κ3) is 4.10. The van der Waals surface area contributed by atoms with Crippen molar-refractivity contribution in [1.29, 1.82) is 0 Å². The summed E-state index contributed by atoms with van der Waals surface area (Å²) >= 11 is 0. The molecule has 0 heteroatoms. The third-order valence-electron chi connectivity index (χ3n) is 9.64. The fourth-order valence-corrected chi connectivity index (χ4v) is 7.49. The smallest absolute Gasteiger partial charge is 0.0616 e. The quantitative estimate of drug-likeness (QED) is 0.137. The van der Waals surface area contributed by atoms with Gasteiger partial charge >= 0.3 is 0 Å². The Kier molecular flexibility index (Phi) is 4.46. The lowest BCUT2D eigenvalue weighted by Gasteiger charge is -2.18. The maximum absolute atomic E-state index is 9.37. The van der Waals surface area contributed by atoms with Crippen molar-refractivity contribution in [2.75, 3.05) is 0 Å². The van der Waals surface area contributed by atoms with E-state index < -0.39 is 24.2 Å². The second-order valence-corrected chi connectivity index (χ2v) is 12.2. The normalized spacial score (nSPS) is 14.1. The van der Waals surface area contributed by atoms with Gasteiger partial charge in [0.15, 0.2) is 0 Å². The monoisotopic (exact) mass is 614 g/mol. The van der Waals surface area contributed by atoms with Crippen molar-refractivity contribution in [3.05, 3.63) is 182 Å². The van der Waals surface area contributed by atoms with Gasteiger partial charge in [-0.3, -0.25) is 0 Å². The summed E-state index contributed by atoms with van der Waals surface area (Å²) in [6.45, 7) is 0. The molecule has 10 aromatic rings. The maximum Gasteiger partial charge on any atom is 0.0629 e. The summed E-state index contributed by atoms with van der Waals surface area (Å²) in [7, 11) is 0. The largest absolute Gasteiger partial charge is 0.0629 e. The van der Waals surface area contributed by atoms with Crippen molar-refractivity contribution < 1.29 is 11.0 Å². The highest BCUT2D eigenvalue weighted by Crippen LogP contribution is 2.45. The average molecular weight is 615 g/mol. The Morgan fingerprint density at radius 3 is 1.31 bits per heavy atom. The van der Waals surface area contributed by atoms with Gasteiger partial charge in [-0.15, -0.1) is 0 Å². The third-order valence-corrected chi connectivity index (χ3v) is 9.64. The predicted octanol–water partition coefficient (Wildman–Crippen LogP) is 13.6. The van der Waals surface area contributed by atoms with Gasteiger partial charge in [-0.05, 0) is 116 Å². The molecule has 0 amide bonds. The molecular formula is C48H30. The molecule has 222 valence electrons. The summed E-state index contributed by atoms with van der Waals surface area (Å²) in [6, 6.07) is 41.6. The van der Waals surface area contributed by atoms with Gasteiger partial charge in [-0.1, -0.05) is 164 Å². The van der Waals surface area contributed by atoms with E-state index in [4.69, 9.17) is 5.48 Å². The molecule has 0 saturated carbocycles. The van der Waals surface area contributed by atoms with Crippen LogP contribution in [0.25, 0.3) is 98.0 Å². The number of hydrogen-bond donors (Lipinski definition) is 0. The minimum atomic E-state index is -0.418. The molecule has 10 rings (SSSR count). The Hall–Kier alpha value is -6.24. The SMILES string of the molecule is [2H]c1c([2H])c([2H])c2c(-c3ccc4ccccc4c3)c3c([2H])c([2H])c([2H])c([2H])c3c(-c3cccc(-c4ccc5c6ccccc6c6ccccc6c5c4)c3)c2c1[2H]. The average Bonchev–Trinajstić information content (AvgIpc) is 3.24. The molecule has 0 spiro atoms. The second kappa shape index (κ2) is 10.7. The Morgan fingerprint density at radius 1 is 0.271 bits per heavy atom. The molecule has 0 radical (unpaired) electrons. The molecule has 0 saturated heterocycles. The first-order valence-corrected chi connectivity index (χ1v) is 16.0. The Balaban J connectivity index is 1.32. The van der Waals surface area contributed by atoms with Crippen LogP contribution in [0.3, 0.4) is 0 Å². The zero-order chi connectivity index (χ0) is 38.6. The Labute approximate surface area is 290 Å². The van der Waals surface area contributed by atoms with E-state index in [1.807, 2.05) is 72.8 Å². The van der Waals surface area contributed by atoms with Crippen LogP contribution >= 0.6 is 0 Å². The fourth-order valence-electron chi connectivity index (χ4n) is 7.49. The highest BCUT2D eigenvalue weighted by atomic mass is 14.2. The van der Waals surface area contributed by atoms with E-state index in [9.17, 15) is 5.48 Å². The minimum Gasteiger partial charge on any atom is -0.0616 e. The van der Waals surface area contributed by atoms with E-state index in [0.717, 1.165) is 48.8 Å². The number of fused-ring (bicyclic) bond motifs is 9. The summed E-state index contributed by atoms with van der Waals surface area (Å²) in [6.07, 6.45) is 0. The van der Waals surface area contributed by atoms with Crippen LogP contribution in [0.5, 0.6) is 0 Å². The van der Waals surface area contributed by atoms with E-state index >= 15 is 0 Å². The van der Waals surface area contributed by atoms with Crippen LogP contribution in [0.1, 0.15) is 11.0 Å². The van der Waals surface area contributed by atoms with Crippen molar-refractivity contribution in [1.82, 2.24) is 0 Å². The number of rotatable bonds is 3. The van der Waals surface area contributed by atoms with Crippen molar-refractivity contribution in [3.8, 4) is 33.4 Å². The summed E-state index contributed by atoms with van der Waals surface area (Å²) in [5.74, 6) is 0. The molecule has 0 fully saturated rings. The summed E-state index contributed by atoms with van der Waals surface area (Å²) in [5, 5.41) is 9.53. The van der Waals surface area contributed by atoms with Gasteiger partial charge < -0.3 is 0 Å².